The minimum absolute atomic E-state index is 0.0465. The molecule has 0 aliphatic rings. The molecule has 7 heteroatoms. The Balaban J connectivity index is 3.44. The third-order valence-corrected chi connectivity index (χ3v) is 3.90. The molecule has 1 N–H and O–H groups in total. The van der Waals surface area contributed by atoms with Crippen LogP contribution in [-0.4, -0.2) is 37.1 Å². The van der Waals surface area contributed by atoms with E-state index in [0.29, 0.717) is 10.0 Å². The van der Waals surface area contributed by atoms with Crippen LogP contribution in [-0.2, 0) is 4.79 Å². The van der Waals surface area contributed by atoms with Crippen LogP contribution in [0.2, 0.25) is 5.02 Å². The number of carbonyl (C=O) groups is 1. The van der Waals surface area contributed by atoms with Crippen LogP contribution in [0.25, 0.3) is 6.08 Å². The first-order valence-electron chi connectivity index (χ1n) is 5.41. The van der Waals surface area contributed by atoms with Crippen molar-refractivity contribution in [2.75, 3.05) is 21.2 Å². The molecule has 0 unspecified atom stereocenters. The van der Waals surface area contributed by atoms with E-state index in [9.17, 15) is 9.90 Å². The molecular formula is C13H12BrClN2O3. The summed E-state index contributed by atoms with van der Waals surface area (Å²) < 4.78 is 5.35. The Bertz CT molecular complexity index is 621. The van der Waals surface area contributed by atoms with Crippen molar-refractivity contribution in [1.82, 2.24) is 4.90 Å². The predicted octanol–water partition coefficient (Wildman–Crippen LogP) is 2.81. The van der Waals surface area contributed by atoms with Crippen molar-refractivity contribution >= 4 is 39.5 Å². The van der Waals surface area contributed by atoms with Crippen LogP contribution < -0.4 is 4.74 Å². The molecule has 1 aromatic rings. The molecule has 0 bridgehead atoms. The van der Waals surface area contributed by atoms with Crippen molar-refractivity contribution in [3.63, 3.8) is 0 Å². The fourth-order valence-electron chi connectivity index (χ4n) is 1.41. The summed E-state index contributed by atoms with van der Waals surface area (Å²) in [4.78, 5) is 13.1. The highest BCUT2D eigenvalue weighted by Crippen LogP contribution is 2.42. The summed E-state index contributed by atoms with van der Waals surface area (Å²) in [7, 11) is 4.48. The summed E-state index contributed by atoms with van der Waals surface area (Å²) in [5.41, 5.74) is 0.399. The number of amides is 1. The first-order valence-corrected chi connectivity index (χ1v) is 6.59. The smallest absolute Gasteiger partial charge is 0.264 e. The molecule has 106 valence electrons. The van der Waals surface area contributed by atoms with E-state index < -0.39 is 5.91 Å². The predicted molar refractivity (Wildman–Crippen MR) is 79.7 cm³/mol. The van der Waals surface area contributed by atoms with Gasteiger partial charge in [0.2, 0.25) is 0 Å². The molecule has 1 aromatic carbocycles. The first-order chi connectivity index (χ1) is 9.33. The van der Waals surface area contributed by atoms with Crippen molar-refractivity contribution in [2.45, 2.75) is 0 Å². The zero-order valence-electron chi connectivity index (χ0n) is 11.1. The van der Waals surface area contributed by atoms with E-state index in [1.54, 1.807) is 14.1 Å². The average Bonchev–Trinajstić information content (AvgIpc) is 2.43. The summed E-state index contributed by atoms with van der Waals surface area (Å²) in [6.07, 6.45) is 1.38. The highest BCUT2D eigenvalue weighted by Gasteiger charge is 2.17. The molecule has 0 aliphatic carbocycles. The van der Waals surface area contributed by atoms with Crippen LogP contribution in [0.4, 0.5) is 0 Å². The van der Waals surface area contributed by atoms with E-state index in [2.05, 4.69) is 15.9 Å². The topological polar surface area (TPSA) is 73.6 Å². The molecule has 0 aliphatic heterocycles. The fourth-order valence-corrected chi connectivity index (χ4v) is 2.03. The minimum atomic E-state index is -0.428. The number of carbonyl (C=O) groups excluding carboxylic acids is 1. The van der Waals surface area contributed by atoms with Gasteiger partial charge in [-0.05, 0) is 33.6 Å². The molecule has 0 saturated carbocycles. The number of phenols is 1. The van der Waals surface area contributed by atoms with Gasteiger partial charge >= 0.3 is 0 Å². The number of halogens is 2. The van der Waals surface area contributed by atoms with E-state index in [0.717, 1.165) is 0 Å². The molecule has 5 nitrogen and oxygen atoms in total. The van der Waals surface area contributed by atoms with E-state index in [1.165, 1.54) is 24.2 Å². The number of phenolic OH excluding ortho intramolecular Hbond substituents is 1. The van der Waals surface area contributed by atoms with Crippen molar-refractivity contribution in [3.05, 3.63) is 26.7 Å². The molecule has 20 heavy (non-hydrogen) atoms. The number of rotatable bonds is 3. The summed E-state index contributed by atoms with van der Waals surface area (Å²) in [5, 5.41) is 18.8. The third kappa shape index (κ3) is 3.24. The Morgan fingerprint density at radius 2 is 2.20 bits per heavy atom. The van der Waals surface area contributed by atoms with Crippen LogP contribution in [0.5, 0.6) is 11.5 Å². The first kappa shape index (κ1) is 16.3. The number of hydrogen-bond acceptors (Lipinski definition) is 4. The van der Waals surface area contributed by atoms with Crippen molar-refractivity contribution in [2.24, 2.45) is 0 Å². The van der Waals surface area contributed by atoms with E-state index >= 15 is 0 Å². The number of nitrogens with zero attached hydrogens (tertiary/aromatic N) is 2. The van der Waals surface area contributed by atoms with Gasteiger partial charge in [-0.1, -0.05) is 11.6 Å². The van der Waals surface area contributed by atoms with Gasteiger partial charge in [0.25, 0.3) is 5.91 Å². The van der Waals surface area contributed by atoms with Gasteiger partial charge in [0, 0.05) is 18.6 Å². The highest BCUT2D eigenvalue weighted by molar-refractivity contribution is 9.10. The second-order valence-corrected chi connectivity index (χ2v) is 5.18. The molecule has 0 atom stereocenters. The Labute approximate surface area is 130 Å². The van der Waals surface area contributed by atoms with Gasteiger partial charge < -0.3 is 14.7 Å². The van der Waals surface area contributed by atoms with Gasteiger partial charge in [0.1, 0.15) is 16.7 Å². The molecule has 0 saturated heterocycles. The number of nitriles is 1. The lowest BCUT2D eigenvalue weighted by Crippen LogP contribution is -2.22. The van der Waals surface area contributed by atoms with Gasteiger partial charge in [-0.15, -0.1) is 0 Å². The zero-order chi connectivity index (χ0) is 15.4. The summed E-state index contributed by atoms with van der Waals surface area (Å²) >= 11 is 9.16. The van der Waals surface area contributed by atoms with Gasteiger partial charge in [-0.25, -0.2) is 0 Å². The van der Waals surface area contributed by atoms with E-state index in [1.807, 2.05) is 6.07 Å². The number of likely N-dealkylation sites (N-methyl/N-ethyl adjacent to an activating group) is 1. The quantitative estimate of drug-likeness (QED) is 0.665. The van der Waals surface area contributed by atoms with Crippen LogP contribution in [0.3, 0.4) is 0 Å². The maximum Gasteiger partial charge on any atom is 0.264 e. The Morgan fingerprint density at radius 3 is 2.65 bits per heavy atom. The number of hydrogen-bond donors (Lipinski definition) is 1. The van der Waals surface area contributed by atoms with Gasteiger partial charge in [-0.2, -0.15) is 5.26 Å². The van der Waals surface area contributed by atoms with Gasteiger partial charge in [0.15, 0.2) is 11.5 Å². The molecule has 0 fully saturated rings. The van der Waals surface area contributed by atoms with E-state index in [-0.39, 0.29) is 22.1 Å². The molecule has 1 rings (SSSR count). The molecule has 1 amide bonds. The van der Waals surface area contributed by atoms with Crippen LogP contribution >= 0.6 is 27.5 Å². The number of ether oxygens (including phenoxy) is 1. The fraction of sp³-hybridized carbons (Fsp3) is 0.231. The van der Waals surface area contributed by atoms with Crippen molar-refractivity contribution in [3.8, 4) is 17.6 Å². The highest BCUT2D eigenvalue weighted by atomic mass is 79.9. The molecular weight excluding hydrogens is 348 g/mol. The number of aromatic hydroxyl groups is 1. The Kier molecular flexibility index (Phi) is 5.43. The Hall–Kier alpha value is -1.71. The minimum Gasteiger partial charge on any atom is -0.503 e. The van der Waals surface area contributed by atoms with Gasteiger partial charge in [-0.3, -0.25) is 4.79 Å². The monoisotopic (exact) mass is 358 g/mol. The summed E-state index contributed by atoms with van der Waals surface area (Å²) in [6, 6.07) is 3.31. The normalized spacial score (nSPS) is 10.9. The maximum atomic E-state index is 11.8. The number of methoxy groups -OCH3 is 1. The second kappa shape index (κ2) is 6.64. The van der Waals surface area contributed by atoms with Crippen molar-refractivity contribution < 1.29 is 14.6 Å². The lowest BCUT2D eigenvalue weighted by molar-refractivity contribution is -0.124. The lowest BCUT2D eigenvalue weighted by Gasteiger charge is -2.11. The van der Waals surface area contributed by atoms with Crippen LogP contribution in [0.1, 0.15) is 5.56 Å². The standard InChI is InChI=1S/C13H12BrClN2O3/c1-17(2)13(19)8(6-16)4-7-5-9(20-3)12(18)11(15)10(7)14/h4-5,18H,1-3H3/b8-4-. The summed E-state index contributed by atoms with van der Waals surface area (Å²) in [5.74, 6) is -0.489. The third-order valence-electron chi connectivity index (χ3n) is 2.45. The molecule has 0 aromatic heterocycles. The van der Waals surface area contributed by atoms with Gasteiger partial charge in [0.05, 0.1) is 7.11 Å². The van der Waals surface area contributed by atoms with Crippen LogP contribution in [0.15, 0.2) is 16.1 Å². The molecule has 0 radical (unpaired) electrons. The number of benzene rings is 1. The largest absolute Gasteiger partial charge is 0.503 e. The second-order valence-electron chi connectivity index (χ2n) is 4.01. The molecule has 0 heterocycles. The average molecular weight is 360 g/mol. The summed E-state index contributed by atoms with van der Waals surface area (Å²) in [6.45, 7) is 0. The maximum absolute atomic E-state index is 11.8. The Morgan fingerprint density at radius 1 is 1.60 bits per heavy atom. The SMILES string of the molecule is COc1cc(/C=C(/C#N)C(=O)N(C)C)c(Br)c(Cl)c1O. The van der Waals surface area contributed by atoms with E-state index in [4.69, 9.17) is 21.6 Å². The van der Waals surface area contributed by atoms with Crippen LogP contribution in [0, 0.1) is 11.3 Å². The lowest BCUT2D eigenvalue weighted by atomic mass is 10.1. The van der Waals surface area contributed by atoms with Crippen molar-refractivity contribution in [1.29, 1.82) is 5.26 Å². The zero-order valence-corrected chi connectivity index (χ0v) is 13.4. The molecule has 0 spiro atoms.